The van der Waals surface area contributed by atoms with Gasteiger partial charge in [-0.3, -0.25) is 10.2 Å². The normalized spacial score (nSPS) is 10.5. The zero-order chi connectivity index (χ0) is 21.0. The Bertz CT molecular complexity index is 1050. The SMILES string of the molecule is COc1ccc(OCC(=O)Nc2c(C)cc3nc(NN=C(C)C)sc3c2C)cc1. The van der Waals surface area contributed by atoms with Crippen LogP contribution in [0.3, 0.4) is 0 Å². The number of anilines is 2. The monoisotopic (exact) mass is 412 g/mol. The van der Waals surface area contributed by atoms with Crippen LogP contribution in [0, 0.1) is 13.8 Å². The number of fused-ring (bicyclic) bond motifs is 1. The van der Waals surface area contributed by atoms with Crippen molar-refractivity contribution in [3.63, 3.8) is 0 Å². The lowest BCUT2D eigenvalue weighted by Gasteiger charge is -2.13. The molecular weight excluding hydrogens is 388 g/mol. The predicted molar refractivity (Wildman–Crippen MR) is 119 cm³/mol. The van der Waals surface area contributed by atoms with Crippen molar-refractivity contribution in [2.24, 2.45) is 5.10 Å². The number of methoxy groups -OCH3 is 1. The average molecular weight is 413 g/mol. The number of amides is 1. The maximum atomic E-state index is 12.4. The van der Waals surface area contributed by atoms with Crippen LogP contribution in [0.4, 0.5) is 10.8 Å². The van der Waals surface area contributed by atoms with Crippen LogP contribution in [0.15, 0.2) is 35.4 Å². The molecule has 0 unspecified atom stereocenters. The second-order valence-electron chi connectivity index (χ2n) is 6.74. The van der Waals surface area contributed by atoms with Crippen molar-refractivity contribution in [1.29, 1.82) is 0 Å². The molecule has 152 valence electrons. The molecule has 3 aromatic rings. The lowest BCUT2D eigenvalue weighted by molar-refractivity contribution is -0.118. The third-order valence-electron chi connectivity index (χ3n) is 4.19. The summed E-state index contributed by atoms with van der Waals surface area (Å²) in [7, 11) is 1.60. The zero-order valence-corrected chi connectivity index (χ0v) is 17.9. The first kappa shape index (κ1) is 20.6. The van der Waals surface area contributed by atoms with Gasteiger partial charge in [0.2, 0.25) is 5.13 Å². The van der Waals surface area contributed by atoms with Crippen LogP contribution < -0.4 is 20.2 Å². The van der Waals surface area contributed by atoms with Crippen molar-refractivity contribution >= 4 is 44.0 Å². The van der Waals surface area contributed by atoms with Crippen molar-refractivity contribution in [1.82, 2.24) is 4.98 Å². The van der Waals surface area contributed by atoms with Crippen LogP contribution in [0.25, 0.3) is 10.2 Å². The number of nitrogens with one attached hydrogen (secondary N) is 2. The summed E-state index contributed by atoms with van der Waals surface area (Å²) in [6, 6.07) is 9.07. The van der Waals surface area contributed by atoms with Gasteiger partial charge in [0.1, 0.15) is 11.5 Å². The fourth-order valence-electron chi connectivity index (χ4n) is 2.78. The summed E-state index contributed by atoms with van der Waals surface area (Å²) in [4.78, 5) is 17.0. The molecule has 0 radical (unpaired) electrons. The van der Waals surface area contributed by atoms with E-state index in [1.54, 1.807) is 31.4 Å². The summed E-state index contributed by atoms with van der Waals surface area (Å²) < 4.78 is 11.7. The van der Waals surface area contributed by atoms with Gasteiger partial charge in [0.15, 0.2) is 6.61 Å². The van der Waals surface area contributed by atoms with Crippen molar-refractivity contribution in [3.8, 4) is 11.5 Å². The summed E-state index contributed by atoms with van der Waals surface area (Å²) in [5.74, 6) is 1.12. The maximum Gasteiger partial charge on any atom is 0.262 e. The lowest BCUT2D eigenvalue weighted by atomic mass is 10.1. The molecule has 0 bridgehead atoms. The average Bonchev–Trinajstić information content (AvgIpc) is 3.11. The van der Waals surface area contributed by atoms with E-state index in [1.807, 2.05) is 33.8 Å². The number of rotatable bonds is 7. The third-order valence-corrected chi connectivity index (χ3v) is 5.28. The Morgan fingerprint density at radius 2 is 1.86 bits per heavy atom. The quantitative estimate of drug-likeness (QED) is 0.432. The third kappa shape index (κ3) is 5.03. The van der Waals surface area contributed by atoms with E-state index in [4.69, 9.17) is 9.47 Å². The van der Waals surface area contributed by atoms with Crippen molar-refractivity contribution in [2.75, 3.05) is 24.5 Å². The van der Waals surface area contributed by atoms with E-state index >= 15 is 0 Å². The Morgan fingerprint density at radius 3 is 2.52 bits per heavy atom. The number of hydrogen-bond acceptors (Lipinski definition) is 7. The summed E-state index contributed by atoms with van der Waals surface area (Å²) in [6.07, 6.45) is 0. The van der Waals surface area contributed by atoms with Gasteiger partial charge in [-0.1, -0.05) is 11.3 Å². The summed E-state index contributed by atoms with van der Waals surface area (Å²) in [6.45, 7) is 7.68. The molecule has 2 N–H and O–H groups in total. The van der Waals surface area contributed by atoms with Crippen LogP contribution in [-0.4, -0.2) is 30.3 Å². The molecule has 0 aliphatic carbocycles. The van der Waals surface area contributed by atoms with Gasteiger partial charge in [0, 0.05) is 11.4 Å². The minimum Gasteiger partial charge on any atom is -0.497 e. The summed E-state index contributed by atoms with van der Waals surface area (Å²) in [5, 5.41) is 7.88. The van der Waals surface area contributed by atoms with Gasteiger partial charge in [-0.05, 0) is 69.2 Å². The van der Waals surface area contributed by atoms with Gasteiger partial charge >= 0.3 is 0 Å². The van der Waals surface area contributed by atoms with Gasteiger partial charge in [-0.2, -0.15) is 5.10 Å². The van der Waals surface area contributed by atoms with Gasteiger partial charge < -0.3 is 14.8 Å². The molecule has 2 aromatic carbocycles. The Balaban J connectivity index is 1.72. The Morgan fingerprint density at radius 1 is 1.17 bits per heavy atom. The first-order valence-corrected chi connectivity index (χ1v) is 9.93. The number of hydrazone groups is 1. The molecule has 0 fully saturated rings. The number of carbonyl (C=O) groups excluding carboxylic acids is 1. The molecule has 29 heavy (non-hydrogen) atoms. The number of hydrogen-bond donors (Lipinski definition) is 2. The molecule has 0 saturated heterocycles. The summed E-state index contributed by atoms with van der Waals surface area (Å²) >= 11 is 1.51. The zero-order valence-electron chi connectivity index (χ0n) is 17.1. The Labute approximate surface area is 173 Å². The number of aryl methyl sites for hydroxylation is 2. The van der Waals surface area contributed by atoms with E-state index in [1.165, 1.54) is 11.3 Å². The highest BCUT2D eigenvalue weighted by Crippen LogP contribution is 2.35. The molecule has 8 heteroatoms. The van der Waals surface area contributed by atoms with Crippen molar-refractivity contribution in [3.05, 3.63) is 41.5 Å². The number of thiazole rings is 1. The smallest absolute Gasteiger partial charge is 0.262 e. The van der Waals surface area contributed by atoms with E-state index in [9.17, 15) is 4.79 Å². The van der Waals surface area contributed by atoms with Crippen LogP contribution in [0.5, 0.6) is 11.5 Å². The first-order valence-electron chi connectivity index (χ1n) is 9.11. The van der Waals surface area contributed by atoms with Gasteiger partial charge in [-0.15, -0.1) is 0 Å². The molecule has 0 saturated carbocycles. The van der Waals surface area contributed by atoms with Gasteiger partial charge in [-0.25, -0.2) is 4.98 Å². The van der Waals surface area contributed by atoms with E-state index in [0.29, 0.717) is 5.75 Å². The first-order chi connectivity index (χ1) is 13.9. The van der Waals surface area contributed by atoms with Crippen LogP contribution in [-0.2, 0) is 4.79 Å². The fourth-order valence-corrected chi connectivity index (χ4v) is 3.67. The highest BCUT2D eigenvalue weighted by Gasteiger charge is 2.15. The van der Waals surface area contributed by atoms with E-state index in [0.717, 1.165) is 43.6 Å². The highest BCUT2D eigenvalue weighted by molar-refractivity contribution is 7.22. The lowest BCUT2D eigenvalue weighted by Crippen LogP contribution is -2.21. The number of nitrogens with zero attached hydrogens (tertiary/aromatic N) is 2. The number of carbonyl (C=O) groups is 1. The molecule has 1 amide bonds. The van der Waals surface area contributed by atoms with E-state index in [-0.39, 0.29) is 12.5 Å². The molecule has 0 aliphatic rings. The second kappa shape index (κ2) is 8.91. The number of benzene rings is 2. The molecule has 0 aliphatic heterocycles. The largest absolute Gasteiger partial charge is 0.497 e. The Kier molecular flexibility index (Phi) is 6.33. The minimum absolute atomic E-state index is 0.0801. The molecule has 0 atom stereocenters. The van der Waals surface area contributed by atoms with Crippen molar-refractivity contribution in [2.45, 2.75) is 27.7 Å². The molecule has 1 aromatic heterocycles. The van der Waals surface area contributed by atoms with E-state index < -0.39 is 0 Å². The number of aromatic nitrogens is 1. The second-order valence-corrected chi connectivity index (χ2v) is 7.74. The molecule has 0 spiro atoms. The Hall–Kier alpha value is -3.13. The van der Waals surface area contributed by atoms with Crippen LogP contribution in [0.1, 0.15) is 25.0 Å². The van der Waals surface area contributed by atoms with Gasteiger partial charge in [0.05, 0.1) is 17.3 Å². The molecular formula is C21H24N4O3S. The number of ether oxygens (including phenoxy) is 2. The van der Waals surface area contributed by atoms with E-state index in [2.05, 4.69) is 20.8 Å². The maximum absolute atomic E-state index is 12.4. The summed E-state index contributed by atoms with van der Waals surface area (Å²) in [5.41, 5.74) is 7.46. The fraction of sp³-hybridized carbons (Fsp3) is 0.286. The molecule has 1 heterocycles. The van der Waals surface area contributed by atoms with Gasteiger partial charge in [0.25, 0.3) is 5.91 Å². The van der Waals surface area contributed by atoms with Crippen LogP contribution >= 0.6 is 11.3 Å². The predicted octanol–water partition coefficient (Wildman–Crippen LogP) is 4.75. The standard InChI is InChI=1S/C21H24N4O3S/c1-12(2)24-25-21-22-17-10-13(3)19(14(4)20(17)29-21)23-18(26)11-28-16-8-6-15(27-5)7-9-16/h6-10H,11H2,1-5H3,(H,22,25)(H,23,26). The topological polar surface area (TPSA) is 84.8 Å². The van der Waals surface area contributed by atoms with Crippen molar-refractivity contribution < 1.29 is 14.3 Å². The molecule has 3 rings (SSSR count). The van der Waals surface area contributed by atoms with Crippen LogP contribution in [0.2, 0.25) is 0 Å². The minimum atomic E-state index is -0.222. The molecule has 7 nitrogen and oxygen atoms in total. The highest BCUT2D eigenvalue weighted by atomic mass is 32.1.